The van der Waals surface area contributed by atoms with Crippen molar-refractivity contribution in [3.8, 4) is 0 Å². The first-order chi connectivity index (χ1) is 13.1. The zero-order valence-corrected chi connectivity index (χ0v) is 16.0. The maximum Gasteiger partial charge on any atom is 0.400 e. The van der Waals surface area contributed by atoms with Crippen molar-refractivity contribution in [2.24, 2.45) is 0 Å². The van der Waals surface area contributed by atoms with Gasteiger partial charge >= 0.3 is 12.1 Å². The highest BCUT2D eigenvalue weighted by atomic mass is 35.5. The van der Waals surface area contributed by atoms with E-state index in [0.29, 0.717) is 0 Å². The number of esters is 1. The minimum Gasteiger partial charge on any atom is -0.465 e. The van der Waals surface area contributed by atoms with Crippen molar-refractivity contribution in [3.05, 3.63) is 57.5 Å². The van der Waals surface area contributed by atoms with Gasteiger partial charge in [0.25, 0.3) is 0 Å². The number of benzene rings is 1. The zero-order valence-electron chi connectivity index (χ0n) is 14.5. The molecule has 3 rings (SSSR count). The van der Waals surface area contributed by atoms with Crippen LogP contribution in [0, 0.1) is 5.95 Å². The van der Waals surface area contributed by atoms with Crippen LogP contribution in [0.4, 0.5) is 23.4 Å². The molecule has 1 aliphatic rings. The van der Waals surface area contributed by atoms with Crippen molar-refractivity contribution in [3.63, 3.8) is 0 Å². The number of pyridine rings is 1. The number of carbonyl (C=O) groups is 1. The number of carbonyl (C=O) groups excluding carboxylic acids is 1. The first-order valence-electron chi connectivity index (χ1n) is 8.10. The topological polar surface area (TPSA) is 42.4 Å². The predicted octanol–water partition coefficient (Wildman–Crippen LogP) is 5.02. The number of hydrogen-bond acceptors (Lipinski definition) is 4. The van der Waals surface area contributed by atoms with Crippen molar-refractivity contribution in [2.75, 3.05) is 25.1 Å². The van der Waals surface area contributed by atoms with E-state index in [9.17, 15) is 22.4 Å². The number of aromatic nitrogens is 1. The lowest BCUT2D eigenvalue weighted by molar-refractivity contribution is -0.184. The van der Waals surface area contributed by atoms with Crippen LogP contribution in [0.25, 0.3) is 0 Å². The molecule has 1 atom stereocenters. The van der Waals surface area contributed by atoms with E-state index in [-0.39, 0.29) is 34.4 Å². The summed E-state index contributed by atoms with van der Waals surface area (Å²) in [6, 6.07) is 6.24. The summed E-state index contributed by atoms with van der Waals surface area (Å²) >= 11 is 11.8. The lowest BCUT2D eigenvalue weighted by Crippen LogP contribution is -2.45. The Hall–Kier alpha value is -2.06. The van der Waals surface area contributed by atoms with E-state index in [1.165, 1.54) is 29.2 Å². The summed E-state index contributed by atoms with van der Waals surface area (Å²) in [5, 5.41) is 0.187. The van der Waals surface area contributed by atoms with Gasteiger partial charge < -0.3 is 9.64 Å². The minimum atomic E-state index is -4.60. The van der Waals surface area contributed by atoms with Gasteiger partial charge in [-0.05, 0) is 42.3 Å². The average Bonchev–Trinajstić information content (AvgIpc) is 3.07. The molecule has 1 aliphatic heterocycles. The van der Waals surface area contributed by atoms with Crippen LogP contribution in [0.2, 0.25) is 10.0 Å². The van der Waals surface area contributed by atoms with Gasteiger partial charge in [0.1, 0.15) is 16.8 Å². The summed E-state index contributed by atoms with van der Waals surface area (Å²) < 4.78 is 60.8. The highest BCUT2D eigenvalue weighted by Crippen LogP contribution is 2.49. The number of alkyl halides is 3. The Morgan fingerprint density at radius 3 is 2.39 bits per heavy atom. The quantitative estimate of drug-likeness (QED) is 0.384. The van der Waals surface area contributed by atoms with E-state index < -0.39 is 35.6 Å². The molecule has 1 unspecified atom stereocenters. The average molecular weight is 437 g/mol. The first-order valence-corrected chi connectivity index (χ1v) is 8.86. The molecule has 0 radical (unpaired) electrons. The van der Waals surface area contributed by atoms with Gasteiger partial charge in [-0.2, -0.15) is 17.6 Å². The summed E-state index contributed by atoms with van der Waals surface area (Å²) in [5.74, 6) is -2.04. The maximum atomic E-state index is 14.1. The summed E-state index contributed by atoms with van der Waals surface area (Å²) in [6.07, 6.45) is -4.88. The molecule has 28 heavy (non-hydrogen) atoms. The largest absolute Gasteiger partial charge is 0.465 e. The fraction of sp³-hybridized carbons (Fsp3) is 0.333. The molecule has 0 aliphatic carbocycles. The third-order valence-electron chi connectivity index (χ3n) is 4.79. The van der Waals surface area contributed by atoms with Crippen LogP contribution in [-0.2, 0) is 10.2 Å². The van der Waals surface area contributed by atoms with E-state index >= 15 is 0 Å². The molecule has 2 heterocycles. The number of hydrogen-bond donors (Lipinski definition) is 0. The predicted molar refractivity (Wildman–Crippen MR) is 96.6 cm³/mol. The zero-order chi connectivity index (χ0) is 20.7. The van der Waals surface area contributed by atoms with Gasteiger partial charge in [-0.15, -0.1) is 0 Å². The number of ether oxygens (including phenoxy) is 1. The Labute approximate surface area is 168 Å². The van der Waals surface area contributed by atoms with Crippen LogP contribution >= 0.6 is 23.2 Å². The number of anilines is 1. The third kappa shape index (κ3) is 3.63. The Morgan fingerprint density at radius 2 is 1.86 bits per heavy atom. The second-order valence-corrected chi connectivity index (χ2v) is 7.28. The molecule has 0 spiro atoms. The molecular weight excluding hydrogens is 423 g/mol. The van der Waals surface area contributed by atoms with E-state index in [2.05, 4.69) is 9.72 Å². The van der Waals surface area contributed by atoms with Gasteiger partial charge in [0.05, 0.1) is 7.11 Å². The fourth-order valence-electron chi connectivity index (χ4n) is 3.33. The Kier molecular flexibility index (Phi) is 5.46. The minimum absolute atomic E-state index is 0.00981. The van der Waals surface area contributed by atoms with E-state index in [1.54, 1.807) is 0 Å². The summed E-state index contributed by atoms with van der Waals surface area (Å²) in [7, 11) is 1.09. The van der Waals surface area contributed by atoms with Crippen LogP contribution in [-0.4, -0.2) is 37.3 Å². The molecule has 0 N–H and O–H groups in total. The summed E-state index contributed by atoms with van der Waals surface area (Å²) in [4.78, 5) is 16.4. The van der Waals surface area contributed by atoms with Gasteiger partial charge in [0.2, 0.25) is 5.95 Å². The van der Waals surface area contributed by atoms with Crippen LogP contribution < -0.4 is 4.90 Å². The van der Waals surface area contributed by atoms with Crippen LogP contribution in [0.15, 0.2) is 30.3 Å². The van der Waals surface area contributed by atoms with Crippen molar-refractivity contribution in [1.29, 1.82) is 0 Å². The molecule has 150 valence electrons. The van der Waals surface area contributed by atoms with Crippen molar-refractivity contribution in [2.45, 2.75) is 18.0 Å². The molecule has 1 saturated heterocycles. The smallest absolute Gasteiger partial charge is 0.400 e. The molecule has 0 saturated carbocycles. The molecule has 4 nitrogen and oxygen atoms in total. The van der Waals surface area contributed by atoms with Gasteiger partial charge in [-0.1, -0.05) is 23.2 Å². The fourth-order valence-corrected chi connectivity index (χ4v) is 3.86. The molecule has 0 amide bonds. The lowest BCUT2D eigenvalue weighted by atomic mass is 9.79. The van der Waals surface area contributed by atoms with E-state index in [0.717, 1.165) is 13.2 Å². The second kappa shape index (κ2) is 7.40. The van der Waals surface area contributed by atoms with Crippen molar-refractivity contribution < 1.29 is 27.1 Å². The van der Waals surface area contributed by atoms with E-state index in [1.807, 2.05) is 0 Å². The van der Waals surface area contributed by atoms with Gasteiger partial charge in [0, 0.05) is 23.1 Å². The van der Waals surface area contributed by atoms with Gasteiger partial charge in [-0.25, -0.2) is 9.78 Å². The highest BCUT2D eigenvalue weighted by molar-refractivity contribution is 6.34. The Morgan fingerprint density at radius 1 is 1.21 bits per heavy atom. The number of rotatable bonds is 3. The lowest BCUT2D eigenvalue weighted by Gasteiger charge is -2.32. The highest BCUT2D eigenvalue weighted by Gasteiger charge is 2.59. The summed E-state index contributed by atoms with van der Waals surface area (Å²) in [6.45, 7) is -0.509. The number of methoxy groups -OCH3 is 1. The molecular formula is C18H14Cl2F4N2O2. The van der Waals surface area contributed by atoms with Gasteiger partial charge in [0.15, 0.2) is 0 Å². The van der Waals surface area contributed by atoms with Crippen LogP contribution in [0.5, 0.6) is 0 Å². The van der Waals surface area contributed by atoms with Crippen molar-refractivity contribution >= 4 is 35.0 Å². The van der Waals surface area contributed by atoms with E-state index in [4.69, 9.17) is 23.2 Å². The standard InChI is InChI=1S/C18H14Cl2F4N2O2/c1-28-16(27)13-2-3-14(25-15(13)21)26-5-4-17(9-26,18(22,23)24)10-6-11(19)8-12(20)7-10/h2-3,6-8H,4-5,9H2,1H3. The van der Waals surface area contributed by atoms with Gasteiger partial charge in [-0.3, -0.25) is 0 Å². The summed E-state index contributed by atoms with van der Waals surface area (Å²) in [5.41, 5.74) is -2.69. The normalized spacial score (nSPS) is 19.8. The number of nitrogens with zero attached hydrogens (tertiary/aromatic N) is 2. The molecule has 2 aromatic rings. The van der Waals surface area contributed by atoms with Crippen LogP contribution in [0.3, 0.4) is 0 Å². The second-order valence-electron chi connectivity index (χ2n) is 6.41. The number of halogens is 6. The molecule has 1 aromatic carbocycles. The SMILES string of the molecule is COC(=O)c1ccc(N2CCC(c3cc(Cl)cc(Cl)c3)(C(F)(F)F)C2)nc1F. The molecule has 0 bridgehead atoms. The van der Waals surface area contributed by atoms with Crippen LogP contribution in [0.1, 0.15) is 22.3 Å². The molecule has 1 aromatic heterocycles. The third-order valence-corrected chi connectivity index (χ3v) is 5.23. The molecule has 10 heteroatoms. The molecule has 1 fully saturated rings. The maximum absolute atomic E-state index is 14.1. The first kappa shape index (κ1) is 20.7. The Bertz CT molecular complexity index is 903. The van der Waals surface area contributed by atoms with Crippen molar-refractivity contribution in [1.82, 2.24) is 4.98 Å². The Balaban J connectivity index is 1.98. The monoisotopic (exact) mass is 436 g/mol.